The molecule has 0 amide bonds. The van der Waals surface area contributed by atoms with Crippen LogP contribution in [0.3, 0.4) is 0 Å². The van der Waals surface area contributed by atoms with Crippen LogP contribution in [0.4, 0.5) is 10.1 Å². The van der Waals surface area contributed by atoms with Crippen molar-refractivity contribution in [3.8, 4) is 0 Å². The van der Waals surface area contributed by atoms with Gasteiger partial charge in [-0.1, -0.05) is 12.1 Å². The van der Waals surface area contributed by atoms with Gasteiger partial charge >= 0.3 is 0 Å². The van der Waals surface area contributed by atoms with E-state index < -0.39 is 0 Å². The van der Waals surface area contributed by atoms with Gasteiger partial charge in [0, 0.05) is 30.4 Å². The van der Waals surface area contributed by atoms with Crippen molar-refractivity contribution in [2.75, 3.05) is 11.9 Å². The molecule has 2 N–H and O–H groups in total. The number of hydrogen-bond donors (Lipinski definition) is 1. The molecule has 0 saturated heterocycles. The maximum Gasteiger partial charge on any atom is 0.146 e. The Morgan fingerprint density at radius 1 is 1.30 bits per heavy atom. The van der Waals surface area contributed by atoms with Gasteiger partial charge in [-0.15, -0.1) is 11.3 Å². The summed E-state index contributed by atoms with van der Waals surface area (Å²) >= 11 is 1.74. The first-order chi connectivity index (χ1) is 9.49. The highest BCUT2D eigenvalue weighted by molar-refractivity contribution is 7.09. The first-order valence-corrected chi connectivity index (χ1v) is 7.67. The van der Waals surface area contributed by atoms with E-state index in [4.69, 9.17) is 5.73 Å². The van der Waals surface area contributed by atoms with Crippen molar-refractivity contribution in [3.63, 3.8) is 0 Å². The van der Waals surface area contributed by atoms with E-state index in [-0.39, 0.29) is 17.9 Å². The quantitative estimate of drug-likeness (QED) is 0.903. The number of nitrogens with two attached hydrogens (primary N) is 1. The van der Waals surface area contributed by atoms with Crippen LogP contribution in [0.5, 0.6) is 0 Å². The average molecular weight is 292 g/mol. The van der Waals surface area contributed by atoms with Gasteiger partial charge in [-0.25, -0.2) is 4.39 Å². The number of anilines is 1. The second kappa shape index (κ2) is 6.37. The summed E-state index contributed by atoms with van der Waals surface area (Å²) in [5, 5.41) is 2.07. The zero-order chi connectivity index (χ0) is 14.7. The Balaban J connectivity index is 2.14. The molecular formula is C16H21FN2S. The maximum atomic E-state index is 14.2. The van der Waals surface area contributed by atoms with E-state index in [2.05, 4.69) is 18.4 Å². The van der Waals surface area contributed by atoms with Crippen molar-refractivity contribution in [3.05, 3.63) is 52.0 Å². The van der Waals surface area contributed by atoms with E-state index in [1.807, 2.05) is 37.1 Å². The van der Waals surface area contributed by atoms with Gasteiger partial charge in [0.1, 0.15) is 5.82 Å². The summed E-state index contributed by atoms with van der Waals surface area (Å²) < 4.78 is 14.2. The molecule has 1 unspecified atom stereocenters. The highest BCUT2D eigenvalue weighted by Crippen LogP contribution is 2.25. The van der Waals surface area contributed by atoms with Gasteiger partial charge in [0.25, 0.3) is 0 Å². The van der Waals surface area contributed by atoms with Crippen molar-refractivity contribution < 1.29 is 4.39 Å². The molecule has 2 nitrogen and oxygen atoms in total. The van der Waals surface area contributed by atoms with Crippen LogP contribution in [0, 0.1) is 5.82 Å². The Morgan fingerprint density at radius 3 is 2.60 bits per heavy atom. The largest absolute Gasteiger partial charge is 0.369 e. The zero-order valence-corrected chi connectivity index (χ0v) is 13.0. The van der Waals surface area contributed by atoms with Gasteiger partial charge in [-0.2, -0.15) is 0 Å². The minimum atomic E-state index is -0.208. The molecule has 0 fully saturated rings. The maximum absolute atomic E-state index is 14.2. The van der Waals surface area contributed by atoms with Crippen LogP contribution in [0.15, 0.2) is 35.7 Å². The van der Waals surface area contributed by atoms with Crippen LogP contribution in [-0.2, 0) is 6.42 Å². The number of hydrogen-bond acceptors (Lipinski definition) is 3. The molecular weight excluding hydrogens is 271 g/mol. The normalized spacial score (nSPS) is 14.1. The monoisotopic (exact) mass is 292 g/mol. The molecule has 0 saturated carbocycles. The Morgan fingerprint density at radius 2 is 2.05 bits per heavy atom. The van der Waals surface area contributed by atoms with Crippen molar-refractivity contribution in [1.29, 1.82) is 0 Å². The Labute approximate surface area is 124 Å². The number of benzene rings is 1. The topological polar surface area (TPSA) is 29.3 Å². The number of rotatable bonds is 5. The van der Waals surface area contributed by atoms with Crippen LogP contribution < -0.4 is 10.6 Å². The molecule has 0 aliphatic rings. The highest BCUT2D eigenvalue weighted by Gasteiger charge is 2.15. The summed E-state index contributed by atoms with van der Waals surface area (Å²) in [5.74, 6) is -0.208. The predicted molar refractivity (Wildman–Crippen MR) is 84.9 cm³/mol. The molecule has 20 heavy (non-hydrogen) atoms. The number of likely N-dealkylation sites (N-methyl/N-ethyl adjacent to an activating group) is 1. The molecule has 0 spiro atoms. The number of nitrogens with zero attached hydrogens (tertiary/aromatic N) is 1. The first kappa shape index (κ1) is 15.0. The van der Waals surface area contributed by atoms with Gasteiger partial charge in [-0.3, -0.25) is 0 Å². The van der Waals surface area contributed by atoms with E-state index in [0.29, 0.717) is 5.69 Å². The molecule has 0 aliphatic carbocycles. The molecule has 2 atom stereocenters. The van der Waals surface area contributed by atoms with Gasteiger partial charge in [0.15, 0.2) is 0 Å². The third kappa shape index (κ3) is 3.38. The SMILES string of the molecule is CC(Cc1cccs1)N(C)c1ccc([C@H](C)N)cc1F. The van der Waals surface area contributed by atoms with Crippen LogP contribution >= 0.6 is 11.3 Å². The van der Waals surface area contributed by atoms with E-state index in [1.165, 1.54) is 10.9 Å². The van der Waals surface area contributed by atoms with Crippen molar-refractivity contribution in [1.82, 2.24) is 0 Å². The lowest BCUT2D eigenvalue weighted by Gasteiger charge is -2.27. The van der Waals surface area contributed by atoms with E-state index in [9.17, 15) is 4.39 Å². The third-order valence-corrected chi connectivity index (χ3v) is 4.51. The lowest BCUT2D eigenvalue weighted by molar-refractivity contribution is 0.601. The van der Waals surface area contributed by atoms with Crippen LogP contribution in [0.2, 0.25) is 0 Å². The minimum absolute atomic E-state index is 0.146. The summed E-state index contributed by atoms with van der Waals surface area (Å²) in [4.78, 5) is 3.30. The molecule has 1 aromatic carbocycles. The smallest absolute Gasteiger partial charge is 0.146 e. The van der Waals surface area contributed by atoms with E-state index in [0.717, 1.165) is 12.0 Å². The summed E-state index contributed by atoms with van der Waals surface area (Å²) in [6.45, 7) is 3.97. The molecule has 108 valence electrons. The Bertz CT molecular complexity index is 552. The fourth-order valence-electron chi connectivity index (χ4n) is 2.19. The molecule has 4 heteroatoms. The molecule has 0 bridgehead atoms. The summed E-state index contributed by atoms with van der Waals surface area (Å²) in [6.07, 6.45) is 0.919. The molecule has 1 aromatic heterocycles. The zero-order valence-electron chi connectivity index (χ0n) is 12.1. The van der Waals surface area contributed by atoms with Crippen molar-refractivity contribution in [2.45, 2.75) is 32.4 Å². The first-order valence-electron chi connectivity index (χ1n) is 6.79. The fourth-order valence-corrected chi connectivity index (χ4v) is 3.01. The summed E-state index contributed by atoms with van der Waals surface area (Å²) in [7, 11) is 1.93. The van der Waals surface area contributed by atoms with Crippen LogP contribution in [0.25, 0.3) is 0 Å². The fraction of sp³-hybridized carbons (Fsp3) is 0.375. The standard InChI is InChI=1S/C16H21FN2S/c1-11(9-14-5-4-8-20-14)19(3)16-7-6-13(12(2)18)10-15(16)17/h4-8,10-12H,9,18H2,1-3H3/t11?,12-/m0/s1. The van der Waals surface area contributed by atoms with E-state index in [1.54, 1.807) is 11.3 Å². The lowest BCUT2D eigenvalue weighted by atomic mass is 10.1. The van der Waals surface area contributed by atoms with Gasteiger partial charge < -0.3 is 10.6 Å². The molecule has 2 rings (SSSR count). The van der Waals surface area contributed by atoms with Crippen LogP contribution in [-0.4, -0.2) is 13.1 Å². The minimum Gasteiger partial charge on any atom is -0.369 e. The van der Waals surface area contributed by atoms with Gasteiger partial charge in [0.05, 0.1) is 5.69 Å². The molecule has 0 aliphatic heterocycles. The molecule has 1 heterocycles. The molecule has 0 radical (unpaired) electrons. The average Bonchev–Trinajstić information content (AvgIpc) is 2.90. The summed E-state index contributed by atoms with van der Waals surface area (Å²) in [5.41, 5.74) is 7.23. The predicted octanol–water partition coefficient (Wildman–Crippen LogP) is 3.97. The van der Waals surface area contributed by atoms with E-state index >= 15 is 0 Å². The summed E-state index contributed by atoms with van der Waals surface area (Å²) in [6, 6.07) is 9.51. The lowest BCUT2D eigenvalue weighted by Crippen LogP contribution is -2.31. The van der Waals surface area contributed by atoms with Crippen LogP contribution in [0.1, 0.15) is 30.3 Å². The molecule has 2 aromatic rings. The van der Waals surface area contributed by atoms with Gasteiger partial charge in [0.2, 0.25) is 0 Å². The Kier molecular flexibility index (Phi) is 4.78. The number of thiophene rings is 1. The second-order valence-corrected chi connectivity index (χ2v) is 6.28. The van der Waals surface area contributed by atoms with Crippen molar-refractivity contribution >= 4 is 17.0 Å². The van der Waals surface area contributed by atoms with Crippen molar-refractivity contribution in [2.24, 2.45) is 5.73 Å². The third-order valence-electron chi connectivity index (χ3n) is 3.62. The number of halogens is 1. The highest BCUT2D eigenvalue weighted by atomic mass is 32.1. The second-order valence-electron chi connectivity index (χ2n) is 5.24. The van der Waals surface area contributed by atoms with Gasteiger partial charge in [-0.05, 0) is 43.0 Å². The Hall–Kier alpha value is -1.39.